The van der Waals surface area contributed by atoms with Crippen LogP contribution in [0, 0.1) is 0 Å². The van der Waals surface area contributed by atoms with Crippen molar-refractivity contribution in [2.75, 3.05) is 0 Å². The van der Waals surface area contributed by atoms with Crippen molar-refractivity contribution in [1.82, 2.24) is 4.90 Å². The number of aliphatic carboxylic acids is 1. The van der Waals surface area contributed by atoms with Crippen molar-refractivity contribution >= 4 is 36.0 Å². The van der Waals surface area contributed by atoms with E-state index in [1.54, 1.807) is 0 Å². The van der Waals surface area contributed by atoms with Crippen LogP contribution in [0.15, 0.2) is 70.6 Å². The van der Waals surface area contributed by atoms with Crippen molar-refractivity contribution in [2.24, 2.45) is 4.99 Å². The number of rotatable bonds is 6. The SMILES string of the molecule is Cl.O=C(O)C1=CC2N=C(c3ccc(OCc4ccccc4)cc3)N(C3CCCCC3)C2S1. The topological polar surface area (TPSA) is 62.1 Å². The average molecular weight is 471 g/mol. The third-order valence-corrected chi connectivity index (χ3v) is 7.50. The van der Waals surface area contributed by atoms with E-state index >= 15 is 0 Å². The molecule has 0 spiro atoms. The van der Waals surface area contributed by atoms with Crippen LogP contribution >= 0.6 is 24.2 Å². The van der Waals surface area contributed by atoms with Crippen molar-refractivity contribution in [3.63, 3.8) is 0 Å². The van der Waals surface area contributed by atoms with Gasteiger partial charge < -0.3 is 14.7 Å². The Morgan fingerprint density at radius 3 is 2.47 bits per heavy atom. The van der Waals surface area contributed by atoms with Crippen molar-refractivity contribution in [2.45, 2.75) is 56.2 Å². The number of ether oxygens (including phenoxy) is 1. The van der Waals surface area contributed by atoms with Crippen LogP contribution in [-0.2, 0) is 11.4 Å². The number of carboxylic acid groups (broad SMARTS) is 1. The lowest BCUT2D eigenvalue weighted by Gasteiger charge is -2.37. The van der Waals surface area contributed by atoms with Gasteiger partial charge in [0.15, 0.2) is 0 Å². The third-order valence-electron chi connectivity index (χ3n) is 6.19. The highest BCUT2D eigenvalue weighted by atomic mass is 35.5. The molecule has 3 aliphatic rings. The molecule has 2 aliphatic heterocycles. The van der Waals surface area contributed by atoms with Crippen LogP contribution in [0.2, 0.25) is 0 Å². The molecule has 0 radical (unpaired) electrons. The quantitative estimate of drug-likeness (QED) is 0.604. The van der Waals surface area contributed by atoms with Crippen LogP contribution in [-0.4, -0.2) is 39.3 Å². The summed E-state index contributed by atoms with van der Waals surface area (Å²) in [5.41, 5.74) is 2.21. The molecule has 0 bridgehead atoms. The number of hydrogen-bond acceptors (Lipinski definition) is 5. The maximum absolute atomic E-state index is 11.5. The fourth-order valence-electron chi connectivity index (χ4n) is 4.65. The maximum Gasteiger partial charge on any atom is 0.341 e. The minimum absolute atomic E-state index is 0. The van der Waals surface area contributed by atoms with Gasteiger partial charge in [0, 0.05) is 11.6 Å². The van der Waals surface area contributed by atoms with Gasteiger partial charge in [-0.1, -0.05) is 61.4 Å². The van der Waals surface area contributed by atoms with Crippen LogP contribution in [0.3, 0.4) is 0 Å². The monoisotopic (exact) mass is 470 g/mol. The molecule has 1 aliphatic carbocycles. The van der Waals surface area contributed by atoms with Crippen molar-refractivity contribution in [3.8, 4) is 5.75 Å². The van der Waals surface area contributed by atoms with Gasteiger partial charge in [0.1, 0.15) is 29.6 Å². The lowest BCUT2D eigenvalue weighted by atomic mass is 9.93. The van der Waals surface area contributed by atoms with E-state index < -0.39 is 5.97 Å². The number of carboxylic acids is 1. The smallest absolute Gasteiger partial charge is 0.341 e. The number of amidine groups is 1. The number of thioether (sulfide) groups is 1. The predicted molar refractivity (Wildman–Crippen MR) is 131 cm³/mol. The number of aliphatic imine (C=N–C) groups is 1. The molecule has 7 heteroatoms. The van der Waals surface area contributed by atoms with E-state index in [9.17, 15) is 9.90 Å². The summed E-state index contributed by atoms with van der Waals surface area (Å²) in [6, 6.07) is 18.6. The molecule has 168 valence electrons. The average Bonchev–Trinajstić information content (AvgIpc) is 3.38. The second-order valence-electron chi connectivity index (χ2n) is 8.29. The molecule has 32 heavy (non-hydrogen) atoms. The van der Waals surface area contributed by atoms with E-state index in [0.29, 0.717) is 17.6 Å². The number of hydrogen-bond donors (Lipinski definition) is 1. The van der Waals surface area contributed by atoms with Crippen molar-refractivity contribution < 1.29 is 14.6 Å². The van der Waals surface area contributed by atoms with Gasteiger partial charge in [-0.25, -0.2) is 4.79 Å². The first-order valence-electron chi connectivity index (χ1n) is 10.9. The van der Waals surface area contributed by atoms with Gasteiger partial charge in [-0.15, -0.1) is 12.4 Å². The van der Waals surface area contributed by atoms with Crippen molar-refractivity contribution in [3.05, 3.63) is 76.7 Å². The summed E-state index contributed by atoms with van der Waals surface area (Å²) < 4.78 is 5.94. The van der Waals surface area contributed by atoms with E-state index in [-0.39, 0.29) is 23.8 Å². The fraction of sp³-hybridized carbons (Fsp3) is 0.360. The van der Waals surface area contributed by atoms with Gasteiger partial charge in [0.05, 0.1) is 4.91 Å². The summed E-state index contributed by atoms with van der Waals surface area (Å²) in [5.74, 6) is 0.974. The Kier molecular flexibility index (Phi) is 7.11. The fourth-order valence-corrected chi connectivity index (χ4v) is 5.90. The molecule has 1 saturated carbocycles. The third kappa shape index (κ3) is 4.66. The molecule has 0 amide bonds. The summed E-state index contributed by atoms with van der Waals surface area (Å²) in [4.78, 5) is 19.3. The summed E-state index contributed by atoms with van der Waals surface area (Å²) in [7, 11) is 0. The zero-order valence-electron chi connectivity index (χ0n) is 17.7. The second kappa shape index (κ2) is 10.0. The van der Waals surface area contributed by atoms with Crippen LogP contribution < -0.4 is 4.74 Å². The predicted octanol–water partition coefficient (Wildman–Crippen LogP) is 5.49. The molecule has 5 rings (SSSR count). The molecular weight excluding hydrogens is 444 g/mol. The van der Waals surface area contributed by atoms with Gasteiger partial charge >= 0.3 is 5.97 Å². The molecule has 2 aromatic carbocycles. The normalized spacial score (nSPS) is 22.6. The molecule has 2 heterocycles. The molecule has 5 nitrogen and oxygen atoms in total. The Bertz CT molecular complexity index is 1000. The summed E-state index contributed by atoms with van der Waals surface area (Å²) in [6.45, 7) is 0.541. The Labute approximate surface area is 199 Å². The number of nitrogens with zero attached hydrogens (tertiary/aromatic N) is 2. The molecule has 1 N–H and O–H groups in total. The van der Waals surface area contributed by atoms with Gasteiger partial charge in [0.2, 0.25) is 0 Å². The molecule has 2 atom stereocenters. The first-order chi connectivity index (χ1) is 15.2. The van der Waals surface area contributed by atoms with Crippen LogP contribution in [0.4, 0.5) is 0 Å². The highest BCUT2D eigenvalue weighted by molar-refractivity contribution is 8.04. The minimum atomic E-state index is -0.848. The molecule has 0 aromatic heterocycles. The maximum atomic E-state index is 11.5. The van der Waals surface area contributed by atoms with Crippen LogP contribution in [0.5, 0.6) is 5.75 Å². The van der Waals surface area contributed by atoms with E-state index in [1.807, 2.05) is 36.4 Å². The standard InChI is InChI=1S/C25H26N2O3S.ClH/c28-25(29)22-15-21-24(31-22)27(19-9-5-2-6-10-19)23(26-21)18-11-13-20(14-12-18)30-16-17-7-3-1-4-8-17;/h1,3-4,7-8,11-15,19,21,24H,2,5-6,9-10,16H2,(H,28,29);1H. The first kappa shape index (κ1) is 22.7. The van der Waals surface area contributed by atoms with Crippen LogP contribution in [0.1, 0.15) is 43.2 Å². The van der Waals surface area contributed by atoms with E-state index in [1.165, 1.54) is 31.0 Å². The number of fused-ring (bicyclic) bond motifs is 1. The molecular formula is C25H27ClN2O3S. The first-order valence-corrected chi connectivity index (χ1v) is 11.8. The summed E-state index contributed by atoms with van der Waals surface area (Å²) in [6.07, 6.45) is 7.83. The zero-order chi connectivity index (χ0) is 21.2. The van der Waals surface area contributed by atoms with Crippen molar-refractivity contribution in [1.29, 1.82) is 0 Å². The minimum Gasteiger partial charge on any atom is -0.489 e. The van der Waals surface area contributed by atoms with E-state index in [2.05, 4.69) is 29.2 Å². The van der Waals surface area contributed by atoms with Gasteiger partial charge in [-0.3, -0.25) is 4.99 Å². The van der Waals surface area contributed by atoms with Gasteiger partial charge in [0.25, 0.3) is 0 Å². The molecule has 2 unspecified atom stereocenters. The molecule has 2 aromatic rings. The Morgan fingerprint density at radius 2 is 1.78 bits per heavy atom. The highest BCUT2D eigenvalue weighted by Gasteiger charge is 2.45. The lowest BCUT2D eigenvalue weighted by molar-refractivity contribution is -0.131. The largest absolute Gasteiger partial charge is 0.489 e. The number of benzene rings is 2. The lowest BCUT2D eigenvalue weighted by Crippen LogP contribution is -2.45. The molecule has 0 saturated heterocycles. The van der Waals surface area contributed by atoms with E-state index in [4.69, 9.17) is 9.73 Å². The summed E-state index contributed by atoms with van der Waals surface area (Å²) >= 11 is 1.45. The Morgan fingerprint density at radius 1 is 1.06 bits per heavy atom. The highest BCUT2D eigenvalue weighted by Crippen LogP contribution is 2.44. The van der Waals surface area contributed by atoms with Crippen LogP contribution in [0.25, 0.3) is 0 Å². The number of carbonyl (C=O) groups is 1. The molecule has 1 fully saturated rings. The zero-order valence-corrected chi connectivity index (χ0v) is 19.4. The summed E-state index contributed by atoms with van der Waals surface area (Å²) in [5, 5.41) is 9.50. The van der Waals surface area contributed by atoms with Gasteiger partial charge in [-0.05, 0) is 48.7 Å². The van der Waals surface area contributed by atoms with Gasteiger partial charge in [-0.2, -0.15) is 0 Å². The number of halogens is 1. The van der Waals surface area contributed by atoms with E-state index in [0.717, 1.165) is 35.6 Å². The Balaban J connectivity index is 0.00000245. The Hall–Kier alpha value is -2.44. The second-order valence-corrected chi connectivity index (χ2v) is 9.44.